The highest BCUT2D eigenvalue weighted by molar-refractivity contribution is 5.75. The summed E-state index contributed by atoms with van der Waals surface area (Å²) >= 11 is 0. The smallest absolute Gasteiger partial charge is 0.330 e. The molecule has 1 aromatic carbocycles. The second kappa shape index (κ2) is 10.7. The molecule has 0 radical (unpaired) electrons. The number of phenols is 1. The molecular formula is C23H24FN3O8. The minimum atomic E-state index is -1.14. The first-order valence-electron chi connectivity index (χ1n) is 10.8. The number of hydrogen-bond acceptors (Lipinski definition) is 9. The number of nitrogens with zero attached hydrogens (tertiary/aromatic N) is 1. The zero-order chi connectivity index (χ0) is 24.9. The molecule has 1 aliphatic rings. The molecule has 11 nitrogen and oxygen atoms in total. The van der Waals surface area contributed by atoms with Crippen LogP contribution in [0.25, 0.3) is 0 Å². The fourth-order valence-corrected chi connectivity index (χ4v) is 3.70. The summed E-state index contributed by atoms with van der Waals surface area (Å²) in [4.78, 5) is 37.9. The predicted molar refractivity (Wildman–Crippen MR) is 118 cm³/mol. The third kappa shape index (κ3) is 6.04. The zero-order valence-electron chi connectivity index (χ0n) is 18.5. The number of halogens is 1. The van der Waals surface area contributed by atoms with Crippen molar-refractivity contribution in [1.82, 2.24) is 9.55 Å². The van der Waals surface area contributed by atoms with Crippen LogP contribution in [-0.4, -0.2) is 45.5 Å². The third-order valence-corrected chi connectivity index (χ3v) is 5.52. The third-order valence-electron chi connectivity index (χ3n) is 5.52. The van der Waals surface area contributed by atoms with Crippen molar-refractivity contribution < 1.29 is 32.9 Å². The van der Waals surface area contributed by atoms with Gasteiger partial charge in [0.05, 0.1) is 18.6 Å². The summed E-state index contributed by atoms with van der Waals surface area (Å²) in [7, 11) is 0. The van der Waals surface area contributed by atoms with E-state index in [2.05, 4.69) is 0 Å². The summed E-state index contributed by atoms with van der Waals surface area (Å²) in [5, 5.41) is 9.37. The fraction of sp³-hybridized carbons (Fsp3) is 0.348. The summed E-state index contributed by atoms with van der Waals surface area (Å²) < 4.78 is 37.0. The maximum absolute atomic E-state index is 13.8. The van der Waals surface area contributed by atoms with Crippen LogP contribution in [0.3, 0.4) is 0 Å². The van der Waals surface area contributed by atoms with Gasteiger partial charge in [0.2, 0.25) is 5.82 Å². The minimum absolute atomic E-state index is 0.0907. The van der Waals surface area contributed by atoms with Crippen molar-refractivity contribution in [2.75, 3.05) is 6.61 Å². The molecule has 2 aromatic heterocycles. The number of aromatic hydroxyl groups is 1. The van der Waals surface area contributed by atoms with Crippen LogP contribution in [0.5, 0.6) is 5.75 Å². The summed E-state index contributed by atoms with van der Waals surface area (Å²) in [6, 6.07) is 8.72. The Kier molecular flexibility index (Phi) is 7.44. The van der Waals surface area contributed by atoms with Gasteiger partial charge < -0.3 is 29.5 Å². The van der Waals surface area contributed by atoms with E-state index in [1.165, 1.54) is 18.4 Å². The number of carbonyl (C=O) groups excluding carboxylic acids is 1. The molecule has 4 atom stereocenters. The molecule has 4 N–H and O–H groups in total. The number of phenolic OH excluding ortho intramolecular Hbond substituents is 1. The molecule has 1 unspecified atom stereocenters. The second-order valence-corrected chi connectivity index (χ2v) is 8.04. The van der Waals surface area contributed by atoms with Crippen LogP contribution in [0, 0.1) is 5.82 Å². The molecule has 12 heteroatoms. The molecular weight excluding hydrogens is 465 g/mol. The van der Waals surface area contributed by atoms with Crippen molar-refractivity contribution in [2.45, 2.75) is 43.9 Å². The van der Waals surface area contributed by atoms with Crippen molar-refractivity contribution in [2.24, 2.45) is 5.73 Å². The van der Waals surface area contributed by atoms with E-state index in [1.807, 2.05) is 4.98 Å². The monoisotopic (exact) mass is 489 g/mol. The quantitative estimate of drug-likeness (QED) is 0.372. The van der Waals surface area contributed by atoms with Crippen LogP contribution in [0.2, 0.25) is 0 Å². The molecule has 186 valence electrons. The molecule has 1 saturated heterocycles. The first-order chi connectivity index (χ1) is 16.8. The standard InChI is InChI=1S/C23H24FN3O8/c24-16-10-27(23(31)26-21(16)29)20-9-18(33-11-15-2-1-7-32-15)19(35-20)12-34-22(30)17(25)8-13-3-5-14(28)6-4-13/h1-7,10,17-20,28H,8-9,11-12,25H2,(H,26,29,31)/t17-,18?,19-,20-/m1/s1. The Balaban J connectivity index is 1.42. The van der Waals surface area contributed by atoms with Gasteiger partial charge in [0.25, 0.3) is 5.56 Å². The molecule has 3 heterocycles. The zero-order valence-corrected chi connectivity index (χ0v) is 18.5. The van der Waals surface area contributed by atoms with Crippen molar-refractivity contribution in [3.05, 3.63) is 86.8 Å². The highest BCUT2D eigenvalue weighted by Crippen LogP contribution is 2.31. The van der Waals surface area contributed by atoms with Gasteiger partial charge in [-0.15, -0.1) is 0 Å². The molecule has 35 heavy (non-hydrogen) atoms. The Hall–Kier alpha value is -3.74. The van der Waals surface area contributed by atoms with Gasteiger partial charge in [0.1, 0.15) is 43.1 Å². The van der Waals surface area contributed by atoms with Crippen LogP contribution >= 0.6 is 0 Å². The number of nitrogens with two attached hydrogens (primary N) is 1. The van der Waals surface area contributed by atoms with E-state index in [4.69, 9.17) is 24.4 Å². The maximum Gasteiger partial charge on any atom is 0.330 e. The highest BCUT2D eigenvalue weighted by Gasteiger charge is 2.39. The van der Waals surface area contributed by atoms with E-state index in [-0.39, 0.29) is 31.8 Å². The van der Waals surface area contributed by atoms with Gasteiger partial charge in [-0.1, -0.05) is 12.1 Å². The molecule has 0 bridgehead atoms. The summed E-state index contributed by atoms with van der Waals surface area (Å²) in [6.45, 7) is -0.143. The topological polar surface area (TPSA) is 159 Å². The van der Waals surface area contributed by atoms with E-state index in [0.29, 0.717) is 5.76 Å². The summed E-state index contributed by atoms with van der Waals surface area (Å²) in [5.41, 5.74) is 4.71. The fourth-order valence-electron chi connectivity index (χ4n) is 3.70. The number of benzene rings is 1. The van der Waals surface area contributed by atoms with Crippen LogP contribution in [-0.2, 0) is 32.0 Å². The Labute approximate surface area is 197 Å². The average Bonchev–Trinajstić information content (AvgIpc) is 3.49. The lowest BCUT2D eigenvalue weighted by molar-refractivity contribution is -0.153. The SMILES string of the molecule is N[C@H](Cc1ccc(O)cc1)C(=O)OC[C@H]1O[C@@H](n2cc(F)c(=O)[nH]c2=O)CC1OCc1ccco1. The largest absolute Gasteiger partial charge is 0.508 e. The van der Waals surface area contributed by atoms with Crippen molar-refractivity contribution >= 4 is 5.97 Å². The predicted octanol–water partition coefficient (Wildman–Crippen LogP) is 0.960. The average molecular weight is 489 g/mol. The normalized spacial score (nSPS) is 20.6. The number of hydrogen-bond donors (Lipinski definition) is 3. The molecule has 0 spiro atoms. The molecule has 0 saturated carbocycles. The van der Waals surface area contributed by atoms with Gasteiger partial charge in [-0.05, 0) is 36.2 Å². The number of esters is 1. The van der Waals surface area contributed by atoms with Gasteiger partial charge in [0.15, 0.2) is 0 Å². The Morgan fingerprint density at radius 2 is 2.06 bits per heavy atom. The number of aromatic nitrogens is 2. The van der Waals surface area contributed by atoms with E-state index >= 15 is 0 Å². The van der Waals surface area contributed by atoms with Gasteiger partial charge in [-0.25, -0.2) is 4.79 Å². The number of ether oxygens (including phenoxy) is 3. The van der Waals surface area contributed by atoms with E-state index in [0.717, 1.165) is 16.3 Å². The van der Waals surface area contributed by atoms with Crippen molar-refractivity contribution in [3.8, 4) is 5.75 Å². The van der Waals surface area contributed by atoms with E-state index in [9.17, 15) is 23.9 Å². The Morgan fingerprint density at radius 1 is 1.29 bits per heavy atom. The van der Waals surface area contributed by atoms with Gasteiger partial charge >= 0.3 is 11.7 Å². The second-order valence-electron chi connectivity index (χ2n) is 8.04. The van der Waals surface area contributed by atoms with E-state index < -0.39 is 47.5 Å². The van der Waals surface area contributed by atoms with Crippen molar-refractivity contribution in [3.63, 3.8) is 0 Å². The molecule has 1 fully saturated rings. The van der Waals surface area contributed by atoms with Crippen LogP contribution < -0.4 is 17.0 Å². The number of nitrogens with one attached hydrogen (secondary N) is 1. The minimum Gasteiger partial charge on any atom is -0.508 e. The van der Waals surface area contributed by atoms with Gasteiger partial charge in [-0.2, -0.15) is 4.39 Å². The van der Waals surface area contributed by atoms with E-state index in [1.54, 1.807) is 24.3 Å². The lowest BCUT2D eigenvalue weighted by atomic mass is 10.1. The summed E-state index contributed by atoms with van der Waals surface area (Å²) in [5.74, 6) is -1.18. The number of aromatic amines is 1. The number of rotatable bonds is 9. The van der Waals surface area contributed by atoms with Crippen molar-refractivity contribution in [1.29, 1.82) is 0 Å². The molecule has 4 rings (SSSR count). The first kappa shape index (κ1) is 24.4. The Bertz CT molecular complexity index is 1260. The molecule has 1 aliphatic heterocycles. The molecule has 0 amide bonds. The number of furan rings is 1. The van der Waals surface area contributed by atoms with Crippen LogP contribution in [0.4, 0.5) is 4.39 Å². The first-order valence-corrected chi connectivity index (χ1v) is 10.8. The van der Waals surface area contributed by atoms with Gasteiger partial charge in [-0.3, -0.25) is 19.1 Å². The molecule has 3 aromatic rings. The molecule has 0 aliphatic carbocycles. The lowest BCUT2D eigenvalue weighted by Crippen LogP contribution is -2.38. The maximum atomic E-state index is 13.8. The van der Waals surface area contributed by atoms with Gasteiger partial charge in [0, 0.05) is 6.42 Å². The number of H-pyrrole nitrogens is 1. The highest BCUT2D eigenvalue weighted by atomic mass is 19.1. The van der Waals surface area contributed by atoms with Crippen LogP contribution in [0.15, 0.2) is 62.9 Å². The lowest BCUT2D eigenvalue weighted by Gasteiger charge is -2.20. The number of carbonyl (C=O) groups is 1. The summed E-state index contributed by atoms with van der Waals surface area (Å²) in [6.07, 6.45) is 0.146. The van der Waals surface area contributed by atoms with Crippen LogP contribution in [0.1, 0.15) is 24.0 Å². The Morgan fingerprint density at radius 3 is 2.77 bits per heavy atom.